The topological polar surface area (TPSA) is 131 Å². The van der Waals surface area contributed by atoms with Crippen LogP contribution in [0.5, 0.6) is 0 Å². The average molecular weight is 461 g/mol. The number of nitrogens with one attached hydrogen (secondary N) is 4. The minimum absolute atomic E-state index is 0.0201. The second-order valence-electron chi connectivity index (χ2n) is 8.19. The molecular formula is C21H32N8O2S. The summed E-state index contributed by atoms with van der Waals surface area (Å²) in [7, 11) is 0. The normalized spacial score (nSPS) is 22.6. The van der Waals surface area contributed by atoms with Crippen molar-refractivity contribution in [2.45, 2.75) is 44.7 Å². The third-order valence-corrected chi connectivity index (χ3v) is 6.87. The molecule has 4 rings (SSSR count). The molecule has 2 fully saturated rings. The van der Waals surface area contributed by atoms with Gasteiger partial charge in [-0.3, -0.25) is 4.90 Å². The van der Waals surface area contributed by atoms with Crippen LogP contribution in [0.15, 0.2) is 11.9 Å². The Morgan fingerprint density at radius 2 is 2.03 bits per heavy atom. The van der Waals surface area contributed by atoms with E-state index in [4.69, 9.17) is 20.2 Å². The van der Waals surface area contributed by atoms with E-state index in [1.165, 1.54) is 30.6 Å². The van der Waals surface area contributed by atoms with Crippen LogP contribution < -0.4 is 16.0 Å². The van der Waals surface area contributed by atoms with Crippen molar-refractivity contribution in [3.63, 3.8) is 0 Å². The van der Waals surface area contributed by atoms with Crippen molar-refractivity contribution < 1.29 is 9.84 Å². The number of anilines is 2. The van der Waals surface area contributed by atoms with Crippen LogP contribution in [0.1, 0.15) is 31.4 Å². The van der Waals surface area contributed by atoms with Gasteiger partial charge in [-0.05, 0) is 44.1 Å². The summed E-state index contributed by atoms with van der Waals surface area (Å²) in [6.45, 7) is 6.19. The lowest BCUT2D eigenvalue weighted by Gasteiger charge is -2.39. The average Bonchev–Trinajstić information content (AvgIpc) is 3.20. The fourth-order valence-corrected chi connectivity index (χ4v) is 5.14. The van der Waals surface area contributed by atoms with E-state index in [-0.39, 0.29) is 6.61 Å². The molecule has 5 N–H and O–H groups in total. The van der Waals surface area contributed by atoms with Gasteiger partial charge < -0.3 is 31.2 Å². The molecule has 11 heteroatoms. The molecule has 2 aliphatic rings. The SMILES string of the molecule is Cc1nsc2nc(N/C(C=N)=C/NCCO)nc(N[C@H]3CC[C@H](N4CCOCC4)CC3)c12. The van der Waals surface area contributed by atoms with E-state index in [1.807, 2.05) is 6.92 Å². The fourth-order valence-electron chi connectivity index (χ4n) is 4.36. The number of ether oxygens (including phenoxy) is 1. The lowest BCUT2D eigenvalue weighted by Crippen LogP contribution is -2.46. The summed E-state index contributed by atoms with van der Waals surface area (Å²) in [4.78, 5) is 12.7. The monoisotopic (exact) mass is 460 g/mol. The minimum Gasteiger partial charge on any atom is -0.395 e. The standard InChI is InChI=1S/C21H32N8O2S/c1-14-18-19(24-15-2-4-17(5-3-15)29-7-10-31-11-8-29)26-21(27-20(18)32-28-14)25-16(12-22)13-23-6-9-30/h12-13,15,17,22-23,30H,2-11H2,1H3,(H2,24,25,26,27)/b16-13+,22-12?/t15-,17-. The van der Waals surface area contributed by atoms with E-state index in [0.717, 1.165) is 60.9 Å². The van der Waals surface area contributed by atoms with Crippen molar-refractivity contribution >= 4 is 39.7 Å². The Labute approximate surface area is 192 Å². The zero-order valence-corrected chi connectivity index (χ0v) is 19.2. The van der Waals surface area contributed by atoms with Crippen LogP contribution in [0.3, 0.4) is 0 Å². The van der Waals surface area contributed by atoms with Gasteiger partial charge in [0.2, 0.25) is 5.95 Å². The summed E-state index contributed by atoms with van der Waals surface area (Å²) >= 11 is 1.35. The van der Waals surface area contributed by atoms with Gasteiger partial charge >= 0.3 is 0 Å². The zero-order valence-electron chi connectivity index (χ0n) is 18.4. The number of aliphatic hydroxyl groups excluding tert-OH is 1. The predicted octanol–water partition coefficient (Wildman–Crippen LogP) is 1.93. The Kier molecular flexibility index (Phi) is 7.85. The van der Waals surface area contributed by atoms with Gasteiger partial charge in [-0.2, -0.15) is 14.3 Å². The van der Waals surface area contributed by atoms with Gasteiger partial charge in [-0.25, -0.2) is 0 Å². The molecule has 0 spiro atoms. The predicted molar refractivity (Wildman–Crippen MR) is 128 cm³/mol. The molecular weight excluding hydrogens is 428 g/mol. The highest BCUT2D eigenvalue weighted by atomic mass is 32.1. The molecule has 0 unspecified atom stereocenters. The Balaban J connectivity index is 1.46. The van der Waals surface area contributed by atoms with Crippen LogP contribution in [0.2, 0.25) is 0 Å². The molecule has 1 saturated heterocycles. The molecule has 32 heavy (non-hydrogen) atoms. The van der Waals surface area contributed by atoms with Crippen molar-refractivity contribution in [1.29, 1.82) is 5.41 Å². The lowest BCUT2D eigenvalue weighted by atomic mass is 9.90. The largest absolute Gasteiger partial charge is 0.395 e. The van der Waals surface area contributed by atoms with Gasteiger partial charge in [0.25, 0.3) is 0 Å². The van der Waals surface area contributed by atoms with E-state index >= 15 is 0 Å². The second kappa shape index (κ2) is 11.0. The van der Waals surface area contributed by atoms with Crippen LogP contribution >= 0.6 is 11.5 Å². The van der Waals surface area contributed by atoms with Crippen LogP contribution in [0.25, 0.3) is 10.2 Å². The van der Waals surface area contributed by atoms with Crippen molar-refractivity contribution in [1.82, 2.24) is 24.6 Å². The number of aliphatic hydroxyl groups is 1. The fraction of sp³-hybridized carbons (Fsp3) is 0.619. The summed E-state index contributed by atoms with van der Waals surface area (Å²) in [6, 6.07) is 1.01. The van der Waals surface area contributed by atoms with Gasteiger partial charge in [-0.15, -0.1) is 0 Å². The molecule has 10 nitrogen and oxygen atoms in total. The maximum Gasteiger partial charge on any atom is 0.230 e. The molecule has 3 heterocycles. The van der Waals surface area contributed by atoms with Gasteiger partial charge in [0, 0.05) is 44.1 Å². The molecule has 1 aliphatic carbocycles. The highest BCUT2D eigenvalue weighted by molar-refractivity contribution is 7.13. The van der Waals surface area contributed by atoms with Crippen molar-refractivity contribution in [2.75, 3.05) is 50.1 Å². The third kappa shape index (κ3) is 5.52. The second-order valence-corrected chi connectivity index (χ2v) is 8.94. The van der Waals surface area contributed by atoms with E-state index in [9.17, 15) is 0 Å². The number of aryl methyl sites for hydroxylation is 1. The number of fused-ring (bicyclic) bond motifs is 1. The quantitative estimate of drug-likeness (QED) is 0.281. The third-order valence-electron chi connectivity index (χ3n) is 6.03. The Morgan fingerprint density at radius 1 is 1.25 bits per heavy atom. The first-order chi connectivity index (χ1) is 15.7. The van der Waals surface area contributed by atoms with E-state index in [2.05, 4.69) is 30.2 Å². The number of nitrogens with zero attached hydrogens (tertiary/aromatic N) is 4. The molecule has 0 amide bonds. The van der Waals surface area contributed by atoms with Crippen molar-refractivity contribution in [3.05, 3.63) is 17.6 Å². The lowest BCUT2D eigenvalue weighted by molar-refractivity contribution is 0.00791. The van der Waals surface area contributed by atoms with Gasteiger partial charge in [0.05, 0.1) is 36.6 Å². The number of aromatic nitrogens is 3. The Hall–Kier alpha value is -2.34. The minimum atomic E-state index is 0.0201. The van der Waals surface area contributed by atoms with Crippen LogP contribution in [0.4, 0.5) is 11.8 Å². The van der Waals surface area contributed by atoms with Crippen molar-refractivity contribution in [3.8, 4) is 0 Å². The number of hydrogen-bond acceptors (Lipinski definition) is 11. The maximum absolute atomic E-state index is 8.93. The highest BCUT2D eigenvalue weighted by Gasteiger charge is 2.27. The molecule has 0 aromatic carbocycles. The molecule has 2 aromatic rings. The van der Waals surface area contributed by atoms with Crippen LogP contribution in [0, 0.1) is 12.3 Å². The summed E-state index contributed by atoms with van der Waals surface area (Å²) in [6.07, 6.45) is 7.38. The van der Waals surface area contributed by atoms with Gasteiger partial charge in [0.1, 0.15) is 5.82 Å². The summed E-state index contributed by atoms with van der Waals surface area (Å²) < 4.78 is 9.97. The number of rotatable bonds is 9. The Bertz CT molecular complexity index is 935. The van der Waals surface area contributed by atoms with Crippen LogP contribution in [-0.2, 0) is 4.74 Å². The molecule has 2 aromatic heterocycles. The maximum atomic E-state index is 8.93. The molecule has 1 saturated carbocycles. The zero-order chi connectivity index (χ0) is 22.3. The molecule has 0 atom stereocenters. The van der Waals surface area contributed by atoms with Crippen molar-refractivity contribution in [2.24, 2.45) is 0 Å². The first kappa shape index (κ1) is 22.8. The van der Waals surface area contributed by atoms with E-state index in [1.54, 1.807) is 6.20 Å². The molecule has 0 bridgehead atoms. The molecule has 174 valence electrons. The first-order valence-corrected chi connectivity index (χ1v) is 12.0. The molecule has 1 aliphatic heterocycles. The number of hydrogen-bond donors (Lipinski definition) is 5. The van der Waals surface area contributed by atoms with E-state index in [0.29, 0.717) is 30.3 Å². The summed E-state index contributed by atoms with van der Waals surface area (Å²) in [5.74, 6) is 1.22. The number of allylic oxidation sites excluding steroid dienone is 1. The summed E-state index contributed by atoms with van der Waals surface area (Å²) in [5, 5.41) is 27.2. The molecule has 0 radical (unpaired) electrons. The number of morpholine rings is 1. The smallest absolute Gasteiger partial charge is 0.230 e. The first-order valence-electron chi connectivity index (χ1n) is 11.2. The Morgan fingerprint density at radius 3 is 2.75 bits per heavy atom. The van der Waals surface area contributed by atoms with Gasteiger partial charge in [-0.1, -0.05) is 0 Å². The van der Waals surface area contributed by atoms with Crippen LogP contribution in [-0.4, -0.2) is 82.1 Å². The summed E-state index contributed by atoms with van der Waals surface area (Å²) in [5.41, 5.74) is 1.43. The van der Waals surface area contributed by atoms with Gasteiger partial charge in [0.15, 0.2) is 4.83 Å². The highest BCUT2D eigenvalue weighted by Crippen LogP contribution is 2.31. The van der Waals surface area contributed by atoms with E-state index < -0.39 is 0 Å².